The first kappa shape index (κ1) is 16.2. The number of rotatable bonds is 5. The van der Waals surface area contributed by atoms with Crippen LogP contribution >= 0.6 is 0 Å². The number of hydrogen-bond donors (Lipinski definition) is 2. The van der Waals surface area contributed by atoms with E-state index in [1.54, 1.807) is 0 Å². The predicted molar refractivity (Wildman–Crippen MR) is 80.7 cm³/mol. The lowest BCUT2D eigenvalue weighted by Gasteiger charge is -2.37. The summed E-state index contributed by atoms with van der Waals surface area (Å²) in [6, 6.07) is 0.918. The number of guanidine groups is 1. The van der Waals surface area contributed by atoms with E-state index in [0.29, 0.717) is 18.0 Å². The molecule has 0 aliphatic carbocycles. The molecule has 5 nitrogen and oxygen atoms in total. The van der Waals surface area contributed by atoms with E-state index in [4.69, 9.17) is 4.74 Å². The maximum Gasteiger partial charge on any atom is 0.191 e. The van der Waals surface area contributed by atoms with Gasteiger partial charge in [-0.3, -0.25) is 9.89 Å². The van der Waals surface area contributed by atoms with Crippen molar-refractivity contribution in [2.24, 2.45) is 10.9 Å². The zero-order valence-electron chi connectivity index (χ0n) is 13.1. The highest BCUT2D eigenvalue weighted by molar-refractivity contribution is 5.79. The maximum atomic E-state index is 5.43. The van der Waals surface area contributed by atoms with Gasteiger partial charge in [0.25, 0.3) is 0 Å². The number of hydrogen-bond acceptors (Lipinski definition) is 3. The summed E-state index contributed by atoms with van der Waals surface area (Å²) in [4.78, 5) is 6.77. The average molecular weight is 270 g/mol. The van der Waals surface area contributed by atoms with Gasteiger partial charge in [0.1, 0.15) is 0 Å². The maximum absolute atomic E-state index is 5.43. The summed E-state index contributed by atoms with van der Waals surface area (Å²) in [5.41, 5.74) is 0. The molecule has 1 aliphatic heterocycles. The Morgan fingerprint density at radius 2 is 1.84 bits per heavy atom. The van der Waals surface area contributed by atoms with Crippen molar-refractivity contribution in [2.45, 2.75) is 39.8 Å². The highest BCUT2D eigenvalue weighted by Crippen LogP contribution is 2.12. The van der Waals surface area contributed by atoms with Crippen molar-refractivity contribution in [1.82, 2.24) is 15.5 Å². The van der Waals surface area contributed by atoms with Crippen molar-refractivity contribution < 1.29 is 4.74 Å². The Morgan fingerprint density at radius 3 is 2.32 bits per heavy atom. The fraction of sp³-hybridized carbons (Fsp3) is 0.929. The van der Waals surface area contributed by atoms with E-state index in [-0.39, 0.29) is 0 Å². The third-order valence-electron chi connectivity index (χ3n) is 3.41. The summed E-state index contributed by atoms with van der Waals surface area (Å²) in [6.07, 6.45) is 0. The number of ether oxygens (including phenoxy) is 1. The molecule has 1 heterocycles. The Labute approximate surface area is 117 Å². The lowest BCUT2D eigenvalue weighted by molar-refractivity contribution is 0.00752. The molecule has 112 valence electrons. The van der Waals surface area contributed by atoms with Gasteiger partial charge in [0, 0.05) is 38.8 Å². The monoisotopic (exact) mass is 270 g/mol. The number of nitrogens with zero attached hydrogens (tertiary/aromatic N) is 2. The Balaban J connectivity index is 2.48. The van der Waals surface area contributed by atoms with Crippen molar-refractivity contribution in [1.29, 1.82) is 0 Å². The first-order valence-electron chi connectivity index (χ1n) is 7.33. The molecular weight excluding hydrogens is 240 g/mol. The van der Waals surface area contributed by atoms with Gasteiger partial charge >= 0.3 is 0 Å². The van der Waals surface area contributed by atoms with E-state index in [0.717, 1.165) is 38.8 Å². The van der Waals surface area contributed by atoms with Gasteiger partial charge in [-0.05, 0) is 19.8 Å². The normalized spacial score (nSPS) is 19.8. The van der Waals surface area contributed by atoms with Gasteiger partial charge in [-0.25, -0.2) is 0 Å². The molecule has 5 heteroatoms. The van der Waals surface area contributed by atoms with Crippen LogP contribution in [0.15, 0.2) is 4.99 Å². The third-order valence-corrected chi connectivity index (χ3v) is 3.41. The second-order valence-electron chi connectivity index (χ2n) is 5.71. The molecule has 0 radical (unpaired) electrons. The quantitative estimate of drug-likeness (QED) is 0.576. The topological polar surface area (TPSA) is 48.9 Å². The molecule has 0 amide bonds. The molecule has 0 saturated carbocycles. The van der Waals surface area contributed by atoms with Crippen LogP contribution in [0.3, 0.4) is 0 Å². The first-order valence-corrected chi connectivity index (χ1v) is 7.33. The second kappa shape index (κ2) is 8.38. The molecule has 1 fully saturated rings. The first-order chi connectivity index (χ1) is 9.04. The number of morpholine rings is 1. The van der Waals surface area contributed by atoms with Crippen LogP contribution in [-0.4, -0.2) is 62.8 Å². The Kier molecular flexibility index (Phi) is 7.16. The van der Waals surface area contributed by atoms with Gasteiger partial charge in [0.2, 0.25) is 0 Å². The van der Waals surface area contributed by atoms with E-state index in [9.17, 15) is 0 Å². The van der Waals surface area contributed by atoms with Gasteiger partial charge < -0.3 is 15.4 Å². The standard InChI is InChI=1S/C14H30N4O/c1-11(2)13(18-6-8-19-9-7-18)10-16-14(15-5)17-12(3)4/h11-13H,6-10H2,1-5H3,(H2,15,16,17). The van der Waals surface area contributed by atoms with Crippen molar-refractivity contribution >= 4 is 5.96 Å². The van der Waals surface area contributed by atoms with E-state index in [1.807, 2.05) is 7.05 Å². The van der Waals surface area contributed by atoms with Gasteiger partial charge in [0.15, 0.2) is 5.96 Å². The number of aliphatic imine (C=N–C) groups is 1. The summed E-state index contributed by atoms with van der Waals surface area (Å²) < 4.78 is 5.43. The molecular formula is C14H30N4O. The lowest BCUT2D eigenvalue weighted by Crippen LogP contribution is -2.53. The number of nitrogens with one attached hydrogen (secondary N) is 2. The van der Waals surface area contributed by atoms with Crippen LogP contribution in [0.1, 0.15) is 27.7 Å². The fourth-order valence-corrected chi connectivity index (χ4v) is 2.36. The molecule has 1 saturated heterocycles. The zero-order chi connectivity index (χ0) is 14.3. The van der Waals surface area contributed by atoms with E-state index in [1.165, 1.54) is 0 Å². The molecule has 0 aromatic heterocycles. The summed E-state index contributed by atoms with van der Waals surface area (Å²) in [5.74, 6) is 1.50. The zero-order valence-corrected chi connectivity index (χ0v) is 13.1. The summed E-state index contributed by atoms with van der Waals surface area (Å²) >= 11 is 0. The van der Waals surface area contributed by atoms with Crippen molar-refractivity contribution in [3.05, 3.63) is 0 Å². The van der Waals surface area contributed by atoms with Gasteiger partial charge in [0.05, 0.1) is 13.2 Å². The van der Waals surface area contributed by atoms with Crippen LogP contribution in [0.25, 0.3) is 0 Å². The van der Waals surface area contributed by atoms with Gasteiger partial charge in [-0.2, -0.15) is 0 Å². The van der Waals surface area contributed by atoms with Gasteiger partial charge in [-0.15, -0.1) is 0 Å². The van der Waals surface area contributed by atoms with E-state index < -0.39 is 0 Å². The molecule has 19 heavy (non-hydrogen) atoms. The Hall–Kier alpha value is -0.810. The Bertz CT molecular complexity index is 273. The van der Waals surface area contributed by atoms with Crippen molar-refractivity contribution in [3.63, 3.8) is 0 Å². The SMILES string of the molecule is CN=C(NCC(C(C)C)N1CCOCC1)NC(C)C. The van der Waals surface area contributed by atoms with Crippen LogP contribution in [0.5, 0.6) is 0 Å². The minimum atomic E-state index is 0.395. The minimum absolute atomic E-state index is 0.395. The summed E-state index contributed by atoms with van der Waals surface area (Å²) in [7, 11) is 1.82. The average Bonchev–Trinajstić information content (AvgIpc) is 2.38. The molecule has 2 N–H and O–H groups in total. The molecule has 1 aliphatic rings. The molecule has 0 aromatic carbocycles. The molecule has 1 unspecified atom stereocenters. The third kappa shape index (κ3) is 5.78. The van der Waals surface area contributed by atoms with Gasteiger partial charge in [-0.1, -0.05) is 13.8 Å². The van der Waals surface area contributed by atoms with Crippen molar-refractivity contribution in [2.75, 3.05) is 39.9 Å². The minimum Gasteiger partial charge on any atom is -0.379 e. The van der Waals surface area contributed by atoms with E-state index >= 15 is 0 Å². The highest BCUT2D eigenvalue weighted by atomic mass is 16.5. The summed E-state index contributed by atoms with van der Waals surface area (Å²) in [5, 5.41) is 6.76. The van der Waals surface area contributed by atoms with E-state index in [2.05, 4.69) is 48.2 Å². The molecule has 0 spiro atoms. The lowest BCUT2D eigenvalue weighted by atomic mass is 10.0. The van der Waals surface area contributed by atoms with Crippen LogP contribution < -0.4 is 10.6 Å². The Morgan fingerprint density at radius 1 is 1.21 bits per heavy atom. The predicted octanol–water partition coefficient (Wildman–Crippen LogP) is 0.917. The van der Waals surface area contributed by atoms with Crippen LogP contribution in [0, 0.1) is 5.92 Å². The molecule has 1 atom stereocenters. The summed E-state index contributed by atoms with van der Waals surface area (Å²) in [6.45, 7) is 13.5. The van der Waals surface area contributed by atoms with Crippen LogP contribution in [-0.2, 0) is 4.74 Å². The van der Waals surface area contributed by atoms with Crippen molar-refractivity contribution in [3.8, 4) is 0 Å². The van der Waals surface area contributed by atoms with Crippen LogP contribution in [0.4, 0.5) is 0 Å². The van der Waals surface area contributed by atoms with Crippen LogP contribution in [0.2, 0.25) is 0 Å². The largest absolute Gasteiger partial charge is 0.379 e. The molecule has 0 aromatic rings. The fourth-order valence-electron chi connectivity index (χ4n) is 2.36. The highest BCUT2D eigenvalue weighted by Gasteiger charge is 2.23. The molecule has 1 rings (SSSR count). The molecule has 0 bridgehead atoms. The second-order valence-corrected chi connectivity index (χ2v) is 5.71. The smallest absolute Gasteiger partial charge is 0.191 e.